The number of carbonyl (C=O) groups is 2. The second kappa shape index (κ2) is 7.42. The van der Waals surface area contributed by atoms with Crippen LogP contribution >= 0.6 is 0 Å². The average Bonchev–Trinajstić information content (AvgIpc) is 2.38. The van der Waals surface area contributed by atoms with Crippen LogP contribution in [0.4, 0.5) is 8.78 Å². The van der Waals surface area contributed by atoms with Gasteiger partial charge in [-0.1, -0.05) is 0 Å². The molecule has 0 N–H and O–H groups in total. The van der Waals surface area contributed by atoms with Gasteiger partial charge in [-0.3, -0.25) is 0 Å². The zero-order chi connectivity index (χ0) is 15.1. The van der Waals surface area contributed by atoms with Gasteiger partial charge >= 0.3 is 11.9 Å². The van der Waals surface area contributed by atoms with Crippen molar-refractivity contribution < 1.29 is 32.6 Å². The van der Waals surface area contributed by atoms with E-state index < -0.39 is 35.4 Å². The summed E-state index contributed by atoms with van der Waals surface area (Å²) in [5, 5.41) is 0. The Morgan fingerprint density at radius 2 is 1.65 bits per heavy atom. The molecule has 0 amide bonds. The normalized spacial score (nSPS) is 10.2. The Morgan fingerprint density at radius 3 is 2.10 bits per heavy atom. The third kappa shape index (κ3) is 4.18. The third-order valence-electron chi connectivity index (χ3n) is 2.14. The number of hydrogen-bond donors (Lipinski definition) is 0. The highest BCUT2D eigenvalue weighted by atomic mass is 19.1. The largest absolute Gasteiger partial charge is 0.464 e. The molecule has 7 heteroatoms. The molecule has 0 saturated heterocycles. The maximum Gasteiger partial charge on any atom is 0.359 e. The van der Waals surface area contributed by atoms with E-state index in [2.05, 4.69) is 9.47 Å². The summed E-state index contributed by atoms with van der Waals surface area (Å²) in [5.74, 6) is -4.30. The zero-order valence-electron chi connectivity index (χ0n) is 11.0. The lowest BCUT2D eigenvalue weighted by atomic mass is 10.3. The molecule has 1 aromatic carbocycles. The van der Waals surface area contributed by atoms with Gasteiger partial charge < -0.3 is 14.2 Å². The molecule has 0 unspecified atom stereocenters. The first-order chi connectivity index (χ1) is 9.49. The molecule has 0 saturated carbocycles. The minimum absolute atomic E-state index is 0.0179. The zero-order valence-corrected chi connectivity index (χ0v) is 11.0. The Bertz CT molecular complexity index is 472. The van der Waals surface area contributed by atoms with Crippen LogP contribution in [0.25, 0.3) is 0 Å². The molecule has 0 radical (unpaired) electrons. The molecule has 0 aliphatic rings. The van der Waals surface area contributed by atoms with Crippen LogP contribution < -0.4 is 4.74 Å². The molecular formula is C13H14F2O5. The predicted octanol–water partition coefficient (Wildman–Crippen LogP) is 1.84. The van der Waals surface area contributed by atoms with Crippen molar-refractivity contribution in [2.75, 3.05) is 13.2 Å². The van der Waals surface area contributed by atoms with Crippen molar-refractivity contribution >= 4 is 11.9 Å². The number of hydrogen-bond acceptors (Lipinski definition) is 5. The number of esters is 2. The Balaban J connectivity index is 2.93. The highest BCUT2D eigenvalue weighted by molar-refractivity contribution is 5.98. The maximum atomic E-state index is 13.4. The number of benzene rings is 1. The predicted molar refractivity (Wildman–Crippen MR) is 64.0 cm³/mol. The van der Waals surface area contributed by atoms with E-state index in [4.69, 9.17) is 4.74 Å². The molecule has 1 aromatic rings. The van der Waals surface area contributed by atoms with Crippen molar-refractivity contribution in [3.05, 3.63) is 29.8 Å². The number of halogens is 2. The van der Waals surface area contributed by atoms with Crippen LogP contribution in [-0.2, 0) is 19.1 Å². The van der Waals surface area contributed by atoms with E-state index in [1.54, 1.807) is 13.8 Å². The molecule has 20 heavy (non-hydrogen) atoms. The molecule has 0 spiro atoms. The molecule has 0 fully saturated rings. The van der Waals surface area contributed by atoms with E-state index in [0.717, 1.165) is 12.1 Å². The van der Waals surface area contributed by atoms with Crippen LogP contribution in [-0.4, -0.2) is 31.3 Å². The first kappa shape index (κ1) is 15.9. The van der Waals surface area contributed by atoms with E-state index in [1.165, 1.54) is 0 Å². The van der Waals surface area contributed by atoms with Crippen LogP contribution in [0.15, 0.2) is 18.2 Å². The van der Waals surface area contributed by atoms with Gasteiger partial charge in [0.2, 0.25) is 0 Å². The molecule has 0 aliphatic carbocycles. The first-order valence-electron chi connectivity index (χ1n) is 5.94. The van der Waals surface area contributed by atoms with E-state index >= 15 is 0 Å². The summed E-state index contributed by atoms with van der Waals surface area (Å²) in [6, 6.07) is 2.48. The Morgan fingerprint density at radius 1 is 1.10 bits per heavy atom. The minimum Gasteiger partial charge on any atom is -0.464 e. The number of ether oxygens (including phenoxy) is 3. The van der Waals surface area contributed by atoms with Crippen molar-refractivity contribution in [3.63, 3.8) is 0 Å². The van der Waals surface area contributed by atoms with Crippen LogP contribution in [0.2, 0.25) is 0 Å². The molecule has 0 heterocycles. The minimum atomic E-state index is -1.75. The van der Waals surface area contributed by atoms with Gasteiger partial charge in [-0.2, -0.15) is 0 Å². The van der Waals surface area contributed by atoms with E-state index in [0.29, 0.717) is 6.07 Å². The van der Waals surface area contributed by atoms with Gasteiger partial charge in [0.25, 0.3) is 6.10 Å². The smallest absolute Gasteiger partial charge is 0.359 e. The summed E-state index contributed by atoms with van der Waals surface area (Å²) in [4.78, 5) is 23.2. The number of rotatable bonds is 6. The van der Waals surface area contributed by atoms with Gasteiger partial charge in [-0.15, -0.1) is 0 Å². The van der Waals surface area contributed by atoms with E-state index in [1.807, 2.05) is 0 Å². The van der Waals surface area contributed by atoms with E-state index in [-0.39, 0.29) is 13.2 Å². The topological polar surface area (TPSA) is 61.8 Å². The lowest BCUT2D eigenvalue weighted by Gasteiger charge is -2.16. The summed E-state index contributed by atoms with van der Waals surface area (Å²) < 4.78 is 40.4. The maximum absolute atomic E-state index is 13.4. The lowest BCUT2D eigenvalue weighted by Crippen LogP contribution is -2.38. The summed E-state index contributed by atoms with van der Waals surface area (Å²) >= 11 is 0. The quantitative estimate of drug-likeness (QED) is 0.590. The van der Waals surface area contributed by atoms with Gasteiger partial charge in [0, 0.05) is 6.07 Å². The molecular weight excluding hydrogens is 274 g/mol. The van der Waals surface area contributed by atoms with Crippen LogP contribution in [0.1, 0.15) is 13.8 Å². The van der Waals surface area contributed by atoms with Gasteiger partial charge in [-0.25, -0.2) is 18.4 Å². The third-order valence-corrected chi connectivity index (χ3v) is 2.14. The second-order valence-corrected chi connectivity index (χ2v) is 3.58. The van der Waals surface area contributed by atoms with Crippen molar-refractivity contribution in [3.8, 4) is 5.75 Å². The standard InChI is InChI=1S/C13H14F2O5/c1-3-18-12(16)11(13(17)19-4-2)20-10-6-5-8(14)7-9(10)15/h5-7,11H,3-4H2,1-2H3. The fourth-order valence-electron chi connectivity index (χ4n) is 1.33. The summed E-state index contributed by atoms with van der Waals surface area (Å²) in [6.45, 7) is 3.12. The summed E-state index contributed by atoms with van der Waals surface area (Å²) in [5.41, 5.74) is 0. The molecule has 0 atom stereocenters. The van der Waals surface area contributed by atoms with Crippen LogP contribution in [0.3, 0.4) is 0 Å². The van der Waals surface area contributed by atoms with Crippen molar-refractivity contribution in [1.29, 1.82) is 0 Å². The molecule has 0 aliphatic heterocycles. The molecule has 110 valence electrons. The van der Waals surface area contributed by atoms with Gasteiger partial charge in [0.15, 0.2) is 11.6 Å². The van der Waals surface area contributed by atoms with Crippen molar-refractivity contribution in [2.45, 2.75) is 20.0 Å². The highest BCUT2D eigenvalue weighted by Gasteiger charge is 2.32. The Labute approximate surface area is 114 Å². The van der Waals surface area contributed by atoms with Gasteiger partial charge in [-0.05, 0) is 26.0 Å². The Hall–Kier alpha value is -2.18. The second-order valence-electron chi connectivity index (χ2n) is 3.58. The fourth-order valence-corrected chi connectivity index (χ4v) is 1.33. The number of carbonyl (C=O) groups excluding carboxylic acids is 2. The highest BCUT2D eigenvalue weighted by Crippen LogP contribution is 2.19. The fraction of sp³-hybridized carbons (Fsp3) is 0.385. The van der Waals surface area contributed by atoms with E-state index in [9.17, 15) is 18.4 Å². The summed E-state index contributed by atoms with van der Waals surface area (Å²) in [7, 11) is 0. The SMILES string of the molecule is CCOC(=O)C(Oc1ccc(F)cc1F)C(=O)OCC. The molecule has 0 bridgehead atoms. The molecule has 0 aromatic heterocycles. The van der Waals surface area contributed by atoms with Gasteiger partial charge in [0.1, 0.15) is 5.82 Å². The lowest BCUT2D eigenvalue weighted by molar-refractivity contribution is -0.166. The van der Waals surface area contributed by atoms with Crippen LogP contribution in [0, 0.1) is 11.6 Å². The van der Waals surface area contributed by atoms with Gasteiger partial charge in [0.05, 0.1) is 13.2 Å². The molecule has 1 rings (SSSR count). The van der Waals surface area contributed by atoms with Crippen molar-refractivity contribution in [1.82, 2.24) is 0 Å². The monoisotopic (exact) mass is 288 g/mol. The molecule has 5 nitrogen and oxygen atoms in total. The van der Waals surface area contributed by atoms with Crippen molar-refractivity contribution in [2.24, 2.45) is 0 Å². The average molecular weight is 288 g/mol. The first-order valence-corrected chi connectivity index (χ1v) is 5.94. The summed E-state index contributed by atoms with van der Waals surface area (Å²) in [6.07, 6.45) is -1.75. The van der Waals surface area contributed by atoms with Crippen LogP contribution in [0.5, 0.6) is 5.75 Å². The Kier molecular flexibility index (Phi) is 5.89.